The Morgan fingerprint density at radius 2 is 1.29 bits per heavy atom. The maximum atomic E-state index is 13.5. The molecule has 2 saturated heterocycles. The number of carbonyl (C=O) groups excluding carboxylic acids is 4. The summed E-state index contributed by atoms with van der Waals surface area (Å²) in [5.41, 5.74) is 16.9. The Balaban J connectivity index is 2.16. The standard InChI is InChI=1S/C25H45N7O6/c1-16(28)21(33)29-17(8-2-4-12-26)23(35)31-14-6-10-19(31)22(34)30-18(9-3-5-13-27)24(36)32-15-7-11-20(32)25(37)38/h16-20H,2-15,26-28H2,1H3,(H,29,33)(H,30,34)(H,37,38)/t16-,17-,18-,19-,20-/m0/s1. The molecule has 0 saturated carbocycles. The van der Waals surface area contributed by atoms with Gasteiger partial charge in [-0.25, -0.2) is 4.79 Å². The quantitative estimate of drug-likeness (QED) is 0.135. The van der Waals surface area contributed by atoms with Crippen molar-refractivity contribution >= 4 is 29.6 Å². The van der Waals surface area contributed by atoms with Crippen LogP contribution in [0, 0.1) is 0 Å². The average Bonchev–Trinajstić information content (AvgIpc) is 3.57. The molecule has 0 spiro atoms. The minimum atomic E-state index is -1.06. The summed E-state index contributed by atoms with van der Waals surface area (Å²) in [5, 5.41) is 15.0. The third kappa shape index (κ3) is 8.63. The van der Waals surface area contributed by atoms with Crippen molar-refractivity contribution in [2.24, 2.45) is 17.2 Å². The lowest BCUT2D eigenvalue weighted by atomic mass is 10.0. The van der Waals surface area contributed by atoms with Crippen molar-refractivity contribution in [3.05, 3.63) is 0 Å². The summed E-state index contributed by atoms with van der Waals surface area (Å²) >= 11 is 0. The molecule has 2 fully saturated rings. The van der Waals surface area contributed by atoms with Crippen LogP contribution in [0.2, 0.25) is 0 Å². The number of aliphatic carboxylic acids is 1. The van der Waals surface area contributed by atoms with Crippen molar-refractivity contribution < 1.29 is 29.1 Å². The van der Waals surface area contributed by atoms with E-state index in [1.54, 1.807) is 0 Å². The van der Waals surface area contributed by atoms with Gasteiger partial charge in [0.25, 0.3) is 0 Å². The second-order valence-corrected chi connectivity index (χ2v) is 10.2. The Hall–Kier alpha value is -2.77. The van der Waals surface area contributed by atoms with Gasteiger partial charge in [0.15, 0.2) is 0 Å². The number of carboxylic acids is 1. The van der Waals surface area contributed by atoms with E-state index in [4.69, 9.17) is 17.2 Å². The lowest BCUT2D eigenvalue weighted by Gasteiger charge is -2.31. The molecule has 4 amide bonds. The highest BCUT2D eigenvalue weighted by Crippen LogP contribution is 2.23. The van der Waals surface area contributed by atoms with E-state index in [9.17, 15) is 29.1 Å². The van der Waals surface area contributed by atoms with E-state index < -0.39 is 53.9 Å². The summed E-state index contributed by atoms with van der Waals surface area (Å²) < 4.78 is 0. The van der Waals surface area contributed by atoms with Gasteiger partial charge in [0.2, 0.25) is 23.6 Å². The molecule has 38 heavy (non-hydrogen) atoms. The van der Waals surface area contributed by atoms with E-state index in [2.05, 4.69) is 10.6 Å². The lowest BCUT2D eigenvalue weighted by Crippen LogP contribution is -2.58. The fourth-order valence-electron chi connectivity index (χ4n) is 5.06. The number of rotatable bonds is 15. The topological polar surface area (TPSA) is 214 Å². The largest absolute Gasteiger partial charge is 0.480 e. The number of carbonyl (C=O) groups is 5. The Kier molecular flexibility index (Phi) is 12.9. The summed E-state index contributed by atoms with van der Waals surface area (Å²) in [7, 11) is 0. The minimum absolute atomic E-state index is 0.316. The maximum Gasteiger partial charge on any atom is 0.326 e. The Labute approximate surface area is 224 Å². The lowest BCUT2D eigenvalue weighted by molar-refractivity contribution is -0.150. The second kappa shape index (κ2) is 15.6. The SMILES string of the molecule is C[C@H](N)C(=O)N[C@@H](CCCCN)C(=O)N1CCC[C@H]1C(=O)N[C@@H](CCCCN)C(=O)N1CCC[C@H]1C(=O)O. The second-order valence-electron chi connectivity index (χ2n) is 10.2. The van der Waals surface area contributed by atoms with Crippen LogP contribution in [0.3, 0.4) is 0 Å². The molecule has 2 heterocycles. The van der Waals surface area contributed by atoms with Crippen molar-refractivity contribution in [3.63, 3.8) is 0 Å². The molecule has 13 nitrogen and oxygen atoms in total. The number of amides is 4. The van der Waals surface area contributed by atoms with Crippen molar-refractivity contribution in [2.45, 2.75) is 101 Å². The number of nitrogens with two attached hydrogens (primary N) is 3. The summed E-state index contributed by atoms with van der Waals surface area (Å²) in [4.78, 5) is 66.9. The summed E-state index contributed by atoms with van der Waals surface area (Å²) in [6.45, 7) is 3.07. The zero-order valence-corrected chi connectivity index (χ0v) is 22.4. The number of nitrogens with one attached hydrogen (secondary N) is 2. The molecule has 2 rings (SSSR count). The van der Waals surface area contributed by atoms with E-state index in [0.717, 1.165) is 0 Å². The first-order valence-electron chi connectivity index (χ1n) is 13.7. The van der Waals surface area contributed by atoms with Crippen molar-refractivity contribution in [2.75, 3.05) is 26.2 Å². The van der Waals surface area contributed by atoms with Gasteiger partial charge in [-0.05, 0) is 84.2 Å². The highest BCUT2D eigenvalue weighted by atomic mass is 16.4. The van der Waals surface area contributed by atoms with Crippen LogP contribution in [-0.4, -0.2) is 101 Å². The fourth-order valence-corrected chi connectivity index (χ4v) is 5.06. The van der Waals surface area contributed by atoms with Crippen molar-refractivity contribution in [1.29, 1.82) is 0 Å². The molecular formula is C25H45N7O6. The molecule has 0 aliphatic carbocycles. The van der Waals surface area contributed by atoms with Crippen molar-refractivity contribution in [3.8, 4) is 0 Å². The molecule has 0 aromatic carbocycles. The Morgan fingerprint density at radius 3 is 1.76 bits per heavy atom. The number of nitrogens with zero attached hydrogens (tertiary/aromatic N) is 2. The van der Waals surface area contributed by atoms with Crippen LogP contribution in [0.4, 0.5) is 0 Å². The highest BCUT2D eigenvalue weighted by molar-refractivity contribution is 5.95. The molecule has 0 unspecified atom stereocenters. The molecule has 2 aliphatic heterocycles. The molecule has 0 aromatic rings. The van der Waals surface area contributed by atoms with Crippen LogP contribution >= 0.6 is 0 Å². The van der Waals surface area contributed by atoms with Gasteiger partial charge in [-0.3, -0.25) is 19.2 Å². The molecule has 0 bridgehead atoms. The predicted molar refractivity (Wildman–Crippen MR) is 140 cm³/mol. The predicted octanol–water partition coefficient (Wildman–Crippen LogP) is -1.37. The number of hydrogen-bond donors (Lipinski definition) is 6. The van der Waals surface area contributed by atoms with E-state index in [0.29, 0.717) is 90.4 Å². The molecule has 13 heteroatoms. The van der Waals surface area contributed by atoms with Gasteiger partial charge in [-0.1, -0.05) is 0 Å². The summed E-state index contributed by atoms with van der Waals surface area (Å²) in [6, 6.07) is -4.26. The van der Waals surface area contributed by atoms with E-state index in [1.807, 2.05) is 0 Å². The van der Waals surface area contributed by atoms with Gasteiger partial charge in [0.05, 0.1) is 6.04 Å². The molecule has 0 radical (unpaired) electrons. The third-order valence-electron chi connectivity index (χ3n) is 7.20. The van der Waals surface area contributed by atoms with Crippen LogP contribution in [0.1, 0.15) is 71.1 Å². The minimum Gasteiger partial charge on any atom is -0.480 e. The van der Waals surface area contributed by atoms with Crippen LogP contribution in [0.25, 0.3) is 0 Å². The van der Waals surface area contributed by atoms with Crippen molar-refractivity contribution in [1.82, 2.24) is 20.4 Å². The van der Waals surface area contributed by atoms with Crippen LogP contribution in [-0.2, 0) is 24.0 Å². The first-order valence-corrected chi connectivity index (χ1v) is 13.7. The summed E-state index contributed by atoms with van der Waals surface area (Å²) in [5.74, 6) is -2.79. The fraction of sp³-hybridized carbons (Fsp3) is 0.800. The van der Waals surface area contributed by atoms with Gasteiger partial charge < -0.3 is 42.7 Å². The van der Waals surface area contributed by atoms with E-state index >= 15 is 0 Å². The van der Waals surface area contributed by atoms with E-state index in [-0.39, 0.29) is 5.91 Å². The molecule has 2 aliphatic rings. The smallest absolute Gasteiger partial charge is 0.326 e. The normalized spacial score (nSPS) is 21.6. The highest BCUT2D eigenvalue weighted by Gasteiger charge is 2.41. The molecule has 0 aromatic heterocycles. The van der Waals surface area contributed by atoms with Gasteiger partial charge >= 0.3 is 5.97 Å². The van der Waals surface area contributed by atoms with E-state index in [1.165, 1.54) is 16.7 Å². The van der Waals surface area contributed by atoms with Gasteiger partial charge in [0, 0.05) is 13.1 Å². The average molecular weight is 540 g/mol. The zero-order valence-electron chi connectivity index (χ0n) is 22.4. The first kappa shape index (κ1) is 31.4. The zero-order chi connectivity index (χ0) is 28.2. The molecule has 216 valence electrons. The van der Waals surface area contributed by atoms with Gasteiger partial charge in [-0.2, -0.15) is 0 Å². The number of unbranched alkanes of at least 4 members (excludes halogenated alkanes) is 2. The number of likely N-dealkylation sites (tertiary alicyclic amines) is 2. The third-order valence-corrected chi connectivity index (χ3v) is 7.20. The van der Waals surface area contributed by atoms with Crippen LogP contribution in [0.5, 0.6) is 0 Å². The van der Waals surface area contributed by atoms with Gasteiger partial charge in [-0.15, -0.1) is 0 Å². The Bertz CT molecular complexity index is 839. The molecule has 5 atom stereocenters. The first-order chi connectivity index (χ1) is 18.1. The monoisotopic (exact) mass is 539 g/mol. The van der Waals surface area contributed by atoms with Crippen LogP contribution in [0.15, 0.2) is 0 Å². The Morgan fingerprint density at radius 1 is 0.816 bits per heavy atom. The van der Waals surface area contributed by atoms with Crippen LogP contribution < -0.4 is 27.8 Å². The molecular weight excluding hydrogens is 494 g/mol. The van der Waals surface area contributed by atoms with Gasteiger partial charge in [0.1, 0.15) is 24.2 Å². The molecule has 9 N–H and O–H groups in total. The summed E-state index contributed by atoms with van der Waals surface area (Å²) in [6.07, 6.45) is 5.18. The number of hydrogen-bond acceptors (Lipinski definition) is 8. The maximum absolute atomic E-state index is 13.5. The number of carboxylic acid groups (broad SMARTS) is 1.